The Morgan fingerprint density at radius 1 is 1.08 bits per heavy atom. The highest BCUT2D eigenvalue weighted by molar-refractivity contribution is 5.85. The third kappa shape index (κ3) is 12.2. The lowest BCUT2D eigenvalue weighted by molar-refractivity contribution is 0.488. The molecule has 0 rings (SSSR count). The number of halogens is 1. The molecule has 0 aromatic rings. The Kier molecular flexibility index (Phi) is 14.8. The molecule has 0 amide bonds. The van der Waals surface area contributed by atoms with Crippen LogP contribution in [0, 0.1) is 5.92 Å². The lowest BCUT2D eigenvalue weighted by atomic mass is 10.1. The fourth-order valence-corrected chi connectivity index (χ4v) is 1.17. The van der Waals surface area contributed by atoms with Gasteiger partial charge in [-0.2, -0.15) is 0 Å². The number of nitrogens with one attached hydrogen (secondary N) is 1. The maximum Gasteiger partial charge on any atom is -0.00233 e. The molecule has 0 saturated heterocycles. The van der Waals surface area contributed by atoms with Gasteiger partial charge >= 0.3 is 0 Å². The first-order valence-corrected chi connectivity index (χ1v) is 5.52. The summed E-state index contributed by atoms with van der Waals surface area (Å²) in [7, 11) is 0. The Balaban J connectivity index is 0. The minimum Gasteiger partial charge on any atom is -0.316 e. The van der Waals surface area contributed by atoms with Crippen molar-refractivity contribution in [1.29, 1.82) is 0 Å². The smallest absolute Gasteiger partial charge is 0.00233 e. The van der Waals surface area contributed by atoms with Gasteiger partial charge in [-0.15, -0.1) is 12.4 Å². The summed E-state index contributed by atoms with van der Waals surface area (Å²) in [5.41, 5.74) is 0. The van der Waals surface area contributed by atoms with Crippen LogP contribution in [-0.4, -0.2) is 13.1 Å². The summed E-state index contributed by atoms with van der Waals surface area (Å²) >= 11 is 0. The van der Waals surface area contributed by atoms with E-state index in [2.05, 4.69) is 26.1 Å². The lowest BCUT2D eigenvalue weighted by Gasteiger charge is -2.09. The molecule has 0 spiro atoms. The summed E-state index contributed by atoms with van der Waals surface area (Å²) in [6, 6.07) is 0. The van der Waals surface area contributed by atoms with E-state index in [9.17, 15) is 0 Å². The molecule has 2 heteroatoms. The summed E-state index contributed by atoms with van der Waals surface area (Å²) in [5.74, 6) is 0.844. The minimum absolute atomic E-state index is 0. The van der Waals surface area contributed by atoms with Crippen LogP contribution >= 0.6 is 12.4 Å². The van der Waals surface area contributed by atoms with Gasteiger partial charge in [0.15, 0.2) is 0 Å². The summed E-state index contributed by atoms with van der Waals surface area (Å²) < 4.78 is 0. The second-order valence-electron chi connectivity index (χ2n) is 3.78. The Hall–Kier alpha value is 0.250. The average molecular weight is 208 g/mol. The normalized spacial score (nSPS) is 12.2. The molecule has 0 fully saturated rings. The van der Waals surface area contributed by atoms with Crippen molar-refractivity contribution in [3.63, 3.8) is 0 Å². The highest BCUT2D eigenvalue weighted by Gasteiger charge is 1.96. The maximum atomic E-state index is 3.49. The molecule has 0 aromatic heterocycles. The van der Waals surface area contributed by atoms with Crippen molar-refractivity contribution < 1.29 is 0 Å². The number of hydrogen-bond donors (Lipinski definition) is 1. The molecule has 0 saturated carbocycles. The van der Waals surface area contributed by atoms with Crippen LogP contribution in [-0.2, 0) is 0 Å². The van der Waals surface area contributed by atoms with Gasteiger partial charge in [-0.05, 0) is 25.4 Å². The molecule has 1 atom stereocenters. The van der Waals surface area contributed by atoms with E-state index < -0.39 is 0 Å². The van der Waals surface area contributed by atoms with E-state index in [1.807, 2.05) is 0 Å². The standard InChI is InChI=1S/C11H25N.ClH/c1-4-6-7-8-9-12-10-11(3)5-2;/h11-12H,4-10H2,1-3H3;1H. The first-order valence-electron chi connectivity index (χ1n) is 5.52. The Bertz CT molecular complexity index is 86.2. The van der Waals surface area contributed by atoms with E-state index in [4.69, 9.17) is 0 Å². The molecule has 0 aliphatic heterocycles. The van der Waals surface area contributed by atoms with Crippen molar-refractivity contribution in [2.75, 3.05) is 13.1 Å². The van der Waals surface area contributed by atoms with Crippen LogP contribution < -0.4 is 5.32 Å². The van der Waals surface area contributed by atoms with Gasteiger partial charge in [0.1, 0.15) is 0 Å². The van der Waals surface area contributed by atoms with Crippen LogP contribution in [0.3, 0.4) is 0 Å². The average Bonchev–Trinajstić information content (AvgIpc) is 2.10. The molecular weight excluding hydrogens is 182 g/mol. The zero-order valence-electron chi connectivity index (χ0n) is 9.44. The molecule has 0 heterocycles. The molecule has 1 N–H and O–H groups in total. The molecule has 13 heavy (non-hydrogen) atoms. The molecule has 0 radical (unpaired) electrons. The van der Waals surface area contributed by atoms with Crippen LogP contribution in [0.4, 0.5) is 0 Å². The second kappa shape index (κ2) is 12.2. The largest absolute Gasteiger partial charge is 0.316 e. The third-order valence-corrected chi connectivity index (χ3v) is 2.40. The molecule has 82 valence electrons. The molecule has 0 bridgehead atoms. The zero-order chi connectivity index (χ0) is 9.23. The van der Waals surface area contributed by atoms with E-state index in [0.717, 1.165) is 5.92 Å². The maximum absolute atomic E-state index is 3.49. The van der Waals surface area contributed by atoms with E-state index in [1.54, 1.807) is 0 Å². The van der Waals surface area contributed by atoms with E-state index >= 15 is 0 Å². The van der Waals surface area contributed by atoms with Crippen LogP contribution in [0.25, 0.3) is 0 Å². The van der Waals surface area contributed by atoms with Crippen molar-refractivity contribution in [3.05, 3.63) is 0 Å². The Morgan fingerprint density at radius 2 is 1.77 bits per heavy atom. The van der Waals surface area contributed by atoms with E-state index in [1.165, 1.54) is 45.2 Å². The Labute approximate surface area is 90.1 Å². The van der Waals surface area contributed by atoms with Gasteiger partial charge in [0.2, 0.25) is 0 Å². The van der Waals surface area contributed by atoms with Gasteiger partial charge < -0.3 is 5.32 Å². The van der Waals surface area contributed by atoms with Crippen LogP contribution in [0.2, 0.25) is 0 Å². The van der Waals surface area contributed by atoms with Crippen molar-refractivity contribution in [2.24, 2.45) is 5.92 Å². The predicted octanol–water partition coefficient (Wildman–Crippen LogP) is 3.62. The molecule has 1 unspecified atom stereocenters. The summed E-state index contributed by atoms with van der Waals surface area (Å²) in [6.07, 6.45) is 6.77. The van der Waals surface area contributed by atoms with Gasteiger partial charge in [0, 0.05) is 0 Å². The molecule has 0 aliphatic rings. The summed E-state index contributed by atoms with van der Waals surface area (Å²) in [5, 5.41) is 3.49. The quantitative estimate of drug-likeness (QED) is 0.600. The molecule has 0 aromatic carbocycles. The summed E-state index contributed by atoms with van der Waals surface area (Å²) in [6.45, 7) is 9.22. The van der Waals surface area contributed by atoms with Crippen LogP contribution in [0.5, 0.6) is 0 Å². The second-order valence-corrected chi connectivity index (χ2v) is 3.78. The fourth-order valence-electron chi connectivity index (χ4n) is 1.17. The van der Waals surface area contributed by atoms with Crippen molar-refractivity contribution in [2.45, 2.75) is 52.9 Å². The fraction of sp³-hybridized carbons (Fsp3) is 1.00. The highest BCUT2D eigenvalue weighted by atomic mass is 35.5. The molecule has 1 nitrogen and oxygen atoms in total. The van der Waals surface area contributed by atoms with Crippen molar-refractivity contribution in [3.8, 4) is 0 Å². The van der Waals surface area contributed by atoms with E-state index in [0.29, 0.717) is 0 Å². The van der Waals surface area contributed by atoms with Gasteiger partial charge in [-0.25, -0.2) is 0 Å². The van der Waals surface area contributed by atoms with Gasteiger partial charge in [-0.3, -0.25) is 0 Å². The number of hydrogen-bond acceptors (Lipinski definition) is 1. The van der Waals surface area contributed by atoms with Crippen molar-refractivity contribution >= 4 is 12.4 Å². The third-order valence-electron chi connectivity index (χ3n) is 2.40. The molecule has 0 aliphatic carbocycles. The van der Waals surface area contributed by atoms with Crippen molar-refractivity contribution in [1.82, 2.24) is 5.32 Å². The minimum atomic E-state index is 0. The predicted molar refractivity (Wildman–Crippen MR) is 63.7 cm³/mol. The topological polar surface area (TPSA) is 12.0 Å². The number of unbranched alkanes of at least 4 members (excludes halogenated alkanes) is 3. The lowest BCUT2D eigenvalue weighted by Crippen LogP contribution is -2.21. The first-order chi connectivity index (χ1) is 5.81. The SMILES string of the molecule is CCCCCCNCC(C)CC.Cl. The highest BCUT2D eigenvalue weighted by Crippen LogP contribution is 1.99. The number of rotatable bonds is 8. The summed E-state index contributed by atoms with van der Waals surface area (Å²) in [4.78, 5) is 0. The van der Waals surface area contributed by atoms with E-state index in [-0.39, 0.29) is 12.4 Å². The van der Waals surface area contributed by atoms with Crippen LogP contribution in [0.15, 0.2) is 0 Å². The Morgan fingerprint density at radius 3 is 2.31 bits per heavy atom. The first kappa shape index (κ1) is 15.7. The monoisotopic (exact) mass is 207 g/mol. The zero-order valence-corrected chi connectivity index (χ0v) is 10.3. The van der Waals surface area contributed by atoms with Gasteiger partial charge in [0.05, 0.1) is 0 Å². The molecular formula is C11H26ClN. The van der Waals surface area contributed by atoms with Crippen LogP contribution in [0.1, 0.15) is 52.9 Å². The van der Waals surface area contributed by atoms with Gasteiger partial charge in [-0.1, -0.05) is 46.5 Å². The van der Waals surface area contributed by atoms with Gasteiger partial charge in [0.25, 0.3) is 0 Å².